The topological polar surface area (TPSA) is 53.5 Å². The zero-order valence-electron chi connectivity index (χ0n) is 7.21. The van der Waals surface area contributed by atoms with E-state index in [2.05, 4.69) is 9.97 Å². The van der Waals surface area contributed by atoms with E-state index in [0.717, 1.165) is 0 Å². The maximum Gasteiger partial charge on any atom is 0.381 e. The Kier molecular flexibility index (Phi) is 3.74. The summed E-state index contributed by atoms with van der Waals surface area (Å²) in [6, 6.07) is 1.58. The van der Waals surface area contributed by atoms with Crippen LogP contribution in [0.3, 0.4) is 0 Å². The van der Waals surface area contributed by atoms with Gasteiger partial charge in [-0.05, 0) is 0 Å². The molecule has 0 amide bonds. The smallest absolute Gasteiger partial charge is 0.381 e. The molecular weight excluding hydrogens is 211 g/mol. The van der Waals surface area contributed by atoms with Gasteiger partial charge in [-0.1, -0.05) is 0 Å². The van der Waals surface area contributed by atoms with E-state index >= 15 is 0 Å². The second-order valence-corrected chi connectivity index (χ2v) is 5.10. The molecule has 0 saturated heterocycles. The maximum absolute atomic E-state index is 5.23. The molecule has 1 heterocycles. The van der Waals surface area contributed by atoms with Gasteiger partial charge in [-0.2, -0.15) is 0 Å². The Labute approximate surface area is 81.3 Å². The molecular formula is C6H9N2O3PS. The van der Waals surface area contributed by atoms with Crippen LogP contribution in [0.4, 0.5) is 0 Å². The van der Waals surface area contributed by atoms with Crippen molar-refractivity contribution >= 4 is 18.5 Å². The Morgan fingerprint density at radius 1 is 1.38 bits per heavy atom. The molecule has 0 spiro atoms. The van der Waals surface area contributed by atoms with Crippen molar-refractivity contribution in [1.29, 1.82) is 0 Å². The zero-order valence-corrected chi connectivity index (χ0v) is 8.92. The SMILES string of the molecule is COP(=S)(OC)Oc1ccncn1. The largest absolute Gasteiger partial charge is 0.406 e. The van der Waals surface area contributed by atoms with Crippen LogP contribution >= 0.6 is 6.72 Å². The van der Waals surface area contributed by atoms with Gasteiger partial charge in [-0.25, -0.2) is 9.97 Å². The van der Waals surface area contributed by atoms with Gasteiger partial charge in [0.25, 0.3) is 0 Å². The highest BCUT2D eigenvalue weighted by molar-refractivity contribution is 8.07. The summed E-state index contributed by atoms with van der Waals surface area (Å²) >= 11 is 4.97. The summed E-state index contributed by atoms with van der Waals surface area (Å²) in [5, 5.41) is 0. The average molecular weight is 220 g/mol. The number of nitrogens with zero attached hydrogens (tertiary/aromatic N) is 2. The summed E-state index contributed by atoms with van der Waals surface area (Å²) in [7, 11) is 2.87. The van der Waals surface area contributed by atoms with Crippen molar-refractivity contribution in [3.05, 3.63) is 18.6 Å². The lowest BCUT2D eigenvalue weighted by atomic mass is 10.6. The van der Waals surface area contributed by atoms with E-state index in [1.54, 1.807) is 12.3 Å². The van der Waals surface area contributed by atoms with E-state index in [0.29, 0.717) is 5.88 Å². The van der Waals surface area contributed by atoms with Gasteiger partial charge in [-0.15, -0.1) is 0 Å². The summed E-state index contributed by atoms with van der Waals surface area (Å²) in [6.45, 7) is -2.66. The molecule has 0 aliphatic rings. The zero-order chi connectivity index (χ0) is 9.73. The Hall–Kier alpha value is -0.550. The van der Waals surface area contributed by atoms with E-state index in [9.17, 15) is 0 Å². The van der Waals surface area contributed by atoms with Gasteiger partial charge in [0.05, 0.1) is 0 Å². The summed E-state index contributed by atoms with van der Waals surface area (Å²) in [5.41, 5.74) is 0. The van der Waals surface area contributed by atoms with Crippen LogP contribution in [-0.2, 0) is 20.9 Å². The van der Waals surface area contributed by atoms with Crippen molar-refractivity contribution in [2.24, 2.45) is 0 Å². The minimum Gasteiger partial charge on any atom is -0.406 e. The molecule has 0 radical (unpaired) electrons. The standard InChI is InChI=1S/C6H9N2O3PS/c1-9-12(13,10-2)11-6-3-4-7-5-8-6/h3-5H,1-2H3. The third kappa shape index (κ3) is 3.00. The van der Waals surface area contributed by atoms with Crippen molar-refractivity contribution in [3.63, 3.8) is 0 Å². The minimum atomic E-state index is -2.66. The molecule has 0 bridgehead atoms. The molecule has 0 saturated carbocycles. The number of rotatable bonds is 4. The Morgan fingerprint density at radius 2 is 2.08 bits per heavy atom. The highest BCUT2D eigenvalue weighted by Gasteiger charge is 2.18. The lowest BCUT2D eigenvalue weighted by Crippen LogP contribution is -1.98. The predicted octanol–water partition coefficient (Wildman–Crippen LogP) is 1.37. The number of aromatic nitrogens is 2. The first-order chi connectivity index (χ1) is 6.20. The third-order valence-corrected chi connectivity index (χ3v) is 3.63. The summed E-state index contributed by atoms with van der Waals surface area (Å²) in [4.78, 5) is 7.56. The molecule has 0 aliphatic heterocycles. The normalized spacial score (nSPS) is 11.2. The van der Waals surface area contributed by atoms with E-state index in [4.69, 9.17) is 25.4 Å². The first kappa shape index (κ1) is 10.5. The highest BCUT2D eigenvalue weighted by Crippen LogP contribution is 2.47. The second-order valence-electron chi connectivity index (χ2n) is 1.95. The number of hydrogen-bond donors (Lipinski definition) is 0. The highest BCUT2D eigenvalue weighted by atomic mass is 32.5. The van der Waals surface area contributed by atoms with Crippen LogP contribution in [0.25, 0.3) is 0 Å². The fourth-order valence-corrected chi connectivity index (χ4v) is 1.46. The van der Waals surface area contributed by atoms with Gasteiger partial charge >= 0.3 is 6.72 Å². The van der Waals surface area contributed by atoms with Crippen LogP contribution in [0, 0.1) is 0 Å². The van der Waals surface area contributed by atoms with Crippen molar-refractivity contribution in [3.8, 4) is 5.88 Å². The fourth-order valence-electron chi connectivity index (χ4n) is 0.596. The first-order valence-corrected chi connectivity index (χ1v) is 5.93. The summed E-state index contributed by atoms with van der Waals surface area (Å²) in [5.74, 6) is 0.349. The predicted molar refractivity (Wildman–Crippen MR) is 51.0 cm³/mol. The molecule has 5 nitrogen and oxygen atoms in total. The molecule has 7 heteroatoms. The van der Waals surface area contributed by atoms with Crippen molar-refractivity contribution < 1.29 is 13.6 Å². The Morgan fingerprint density at radius 3 is 2.54 bits per heavy atom. The van der Waals surface area contributed by atoms with Gasteiger partial charge in [0.1, 0.15) is 6.33 Å². The summed E-state index contributed by atoms with van der Waals surface area (Å²) in [6.07, 6.45) is 2.91. The molecule has 1 aromatic rings. The minimum absolute atomic E-state index is 0.349. The van der Waals surface area contributed by atoms with Gasteiger partial charge < -0.3 is 13.6 Å². The monoisotopic (exact) mass is 220 g/mol. The molecule has 72 valence electrons. The van der Waals surface area contributed by atoms with Crippen molar-refractivity contribution in [2.75, 3.05) is 14.2 Å². The maximum atomic E-state index is 5.23. The van der Waals surface area contributed by atoms with Crippen LogP contribution in [0.5, 0.6) is 5.88 Å². The second kappa shape index (κ2) is 4.62. The number of hydrogen-bond acceptors (Lipinski definition) is 6. The summed E-state index contributed by atoms with van der Waals surface area (Å²) < 4.78 is 15.1. The quantitative estimate of drug-likeness (QED) is 0.714. The average Bonchev–Trinajstić information content (AvgIpc) is 2.19. The molecule has 0 aliphatic carbocycles. The third-order valence-electron chi connectivity index (χ3n) is 1.21. The van der Waals surface area contributed by atoms with Crippen LogP contribution < -0.4 is 4.52 Å². The molecule has 0 fully saturated rings. The van der Waals surface area contributed by atoms with E-state index in [-0.39, 0.29) is 0 Å². The molecule has 0 unspecified atom stereocenters. The van der Waals surface area contributed by atoms with Crippen molar-refractivity contribution in [1.82, 2.24) is 9.97 Å². The molecule has 0 atom stereocenters. The molecule has 0 N–H and O–H groups in total. The van der Waals surface area contributed by atoms with Gasteiger partial charge in [-0.3, -0.25) is 0 Å². The lowest BCUT2D eigenvalue weighted by molar-refractivity contribution is 0.270. The van der Waals surface area contributed by atoms with Crippen LogP contribution in [0.15, 0.2) is 18.6 Å². The Bertz CT molecular complexity index is 300. The van der Waals surface area contributed by atoms with E-state index in [1.165, 1.54) is 20.5 Å². The molecule has 13 heavy (non-hydrogen) atoms. The molecule has 1 rings (SSSR count). The van der Waals surface area contributed by atoms with E-state index in [1.807, 2.05) is 0 Å². The van der Waals surface area contributed by atoms with Gasteiger partial charge in [0, 0.05) is 38.3 Å². The van der Waals surface area contributed by atoms with Gasteiger partial charge in [0.15, 0.2) is 0 Å². The van der Waals surface area contributed by atoms with Crippen LogP contribution in [-0.4, -0.2) is 24.2 Å². The fraction of sp³-hybridized carbons (Fsp3) is 0.333. The first-order valence-electron chi connectivity index (χ1n) is 3.37. The van der Waals surface area contributed by atoms with Crippen LogP contribution in [0.1, 0.15) is 0 Å². The van der Waals surface area contributed by atoms with Crippen LogP contribution in [0.2, 0.25) is 0 Å². The lowest BCUT2D eigenvalue weighted by Gasteiger charge is -2.16. The Balaban J connectivity index is 2.74. The van der Waals surface area contributed by atoms with E-state index < -0.39 is 6.72 Å². The van der Waals surface area contributed by atoms with Crippen molar-refractivity contribution in [2.45, 2.75) is 0 Å². The van der Waals surface area contributed by atoms with Gasteiger partial charge in [0.2, 0.25) is 5.88 Å². The molecule has 0 aromatic carbocycles. The molecule has 1 aromatic heterocycles.